The number of aromatic nitrogens is 4. The standard InChI is InChI=1S/C15H18N6O2/c1-19-7-11(5-18-19)21-9-15(4-13(21)22)2-3-20(8-15)14(23)12-6-16-10-17-12/h5-7,10H,2-4,8-9H2,1H3,(H,16,17). The van der Waals surface area contributed by atoms with Crippen molar-refractivity contribution in [1.29, 1.82) is 0 Å². The van der Waals surface area contributed by atoms with E-state index >= 15 is 0 Å². The van der Waals surface area contributed by atoms with Gasteiger partial charge in [0.2, 0.25) is 5.91 Å². The minimum atomic E-state index is -0.150. The minimum absolute atomic E-state index is 0.0494. The maximum atomic E-state index is 12.4. The largest absolute Gasteiger partial charge is 0.341 e. The van der Waals surface area contributed by atoms with Gasteiger partial charge >= 0.3 is 0 Å². The maximum absolute atomic E-state index is 12.4. The van der Waals surface area contributed by atoms with Crippen molar-refractivity contribution in [3.8, 4) is 0 Å². The number of nitrogens with one attached hydrogen (secondary N) is 1. The molecule has 0 saturated carbocycles. The lowest BCUT2D eigenvalue weighted by Gasteiger charge is -2.23. The Morgan fingerprint density at radius 1 is 1.35 bits per heavy atom. The first-order valence-electron chi connectivity index (χ1n) is 7.63. The van der Waals surface area contributed by atoms with Gasteiger partial charge in [0.05, 0.1) is 24.4 Å². The molecule has 2 amide bonds. The third-order valence-electron chi connectivity index (χ3n) is 4.78. The Morgan fingerprint density at radius 3 is 2.91 bits per heavy atom. The second-order valence-corrected chi connectivity index (χ2v) is 6.47. The van der Waals surface area contributed by atoms with E-state index in [9.17, 15) is 9.59 Å². The lowest BCUT2D eigenvalue weighted by molar-refractivity contribution is -0.117. The lowest BCUT2D eigenvalue weighted by atomic mass is 9.86. The first kappa shape index (κ1) is 14.0. The summed E-state index contributed by atoms with van der Waals surface area (Å²) in [6, 6.07) is 0. The molecule has 2 aliphatic rings. The summed E-state index contributed by atoms with van der Waals surface area (Å²) in [4.78, 5) is 35.2. The van der Waals surface area contributed by atoms with Gasteiger partial charge in [-0.15, -0.1) is 0 Å². The Hall–Kier alpha value is -2.64. The summed E-state index contributed by atoms with van der Waals surface area (Å²) < 4.78 is 1.69. The number of hydrogen-bond acceptors (Lipinski definition) is 4. The van der Waals surface area contributed by atoms with Crippen molar-refractivity contribution < 1.29 is 9.59 Å². The molecule has 1 spiro atoms. The van der Waals surface area contributed by atoms with Crippen LogP contribution in [0.3, 0.4) is 0 Å². The van der Waals surface area contributed by atoms with Crippen molar-refractivity contribution in [2.75, 3.05) is 24.5 Å². The molecule has 8 heteroatoms. The van der Waals surface area contributed by atoms with Crippen LogP contribution in [0.15, 0.2) is 24.9 Å². The van der Waals surface area contributed by atoms with Crippen LogP contribution in [-0.4, -0.2) is 56.1 Å². The third kappa shape index (κ3) is 2.30. The molecule has 2 fully saturated rings. The van der Waals surface area contributed by atoms with Crippen LogP contribution in [0.25, 0.3) is 0 Å². The highest BCUT2D eigenvalue weighted by Gasteiger charge is 2.49. The van der Waals surface area contributed by atoms with E-state index in [1.54, 1.807) is 15.8 Å². The van der Waals surface area contributed by atoms with E-state index < -0.39 is 0 Å². The molecule has 2 aromatic rings. The van der Waals surface area contributed by atoms with Crippen molar-refractivity contribution in [2.24, 2.45) is 12.5 Å². The number of nitrogens with zero attached hydrogens (tertiary/aromatic N) is 5. The van der Waals surface area contributed by atoms with Gasteiger partial charge in [-0.3, -0.25) is 14.3 Å². The average molecular weight is 314 g/mol. The molecule has 1 unspecified atom stereocenters. The number of likely N-dealkylation sites (tertiary alicyclic amines) is 1. The highest BCUT2D eigenvalue weighted by atomic mass is 16.2. The van der Waals surface area contributed by atoms with Crippen molar-refractivity contribution in [3.05, 3.63) is 30.6 Å². The molecule has 1 N–H and O–H groups in total. The summed E-state index contributed by atoms with van der Waals surface area (Å²) in [5, 5.41) is 4.13. The van der Waals surface area contributed by atoms with E-state index in [1.165, 1.54) is 12.5 Å². The van der Waals surface area contributed by atoms with Crippen molar-refractivity contribution in [1.82, 2.24) is 24.6 Å². The van der Waals surface area contributed by atoms with Gasteiger partial charge in [-0.2, -0.15) is 5.10 Å². The number of amides is 2. The van der Waals surface area contributed by atoms with Crippen LogP contribution >= 0.6 is 0 Å². The average Bonchev–Trinajstić information content (AvgIpc) is 3.28. The predicted octanol–water partition coefficient (Wildman–Crippen LogP) is 0.412. The first-order chi connectivity index (χ1) is 11.1. The topological polar surface area (TPSA) is 87.1 Å². The molecule has 120 valence electrons. The molecular formula is C15H18N6O2. The van der Waals surface area contributed by atoms with Crippen LogP contribution < -0.4 is 4.90 Å². The van der Waals surface area contributed by atoms with Crippen LogP contribution in [-0.2, 0) is 11.8 Å². The summed E-state index contributed by atoms with van der Waals surface area (Å²) in [6.45, 7) is 1.92. The minimum Gasteiger partial charge on any atom is -0.341 e. The predicted molar refractivity (Wildman–Crippen MR) is 81.7 cm³/mol. The summed E-state index contributed by atoms with van der Waals surface area (Å²) in [6.07, 6.45) is 7.92. The lowest BCUT2D eigenvalue weighted by Crippen LogP contribution is -2.34. The van der Waals surface area contributed by atoms with Crippen molar-refractivity contribution in [3.63, 3.8) is 0 Å². The van der Waals surface area contributed by atoms with Gasteiger partial charge in [0.25, 0.3) is 5.91 Å². The highest BCUT2D eigenvalue weighted by molar-refractivity contribution is 5.97. The fourth-order valence-corrected chi connectivity index (χ4v) is 3.60. The number of H-pyrrole nitrogens is 1. The molecule has 8 nitrogen and oxygen atoms in total. The molecule has 1 atom stereocenters. The van der Waals surface area contributed by atoms with Gasteiger partial charge in [-0.25, -0.2) is 4.98 Å². The van der Waals surface area contributed by atoms with E-state index in [2.05, 4.69) is 15.1 Å². The monoisotopic (exact) mass is 314 g/mol. The third-order valence-corrected chi connectivity index (χ3v) is 4.78. The number of rotatable bonds is 2. The quantitative estimate of drug-likeness (QED) is 0.870. The molecule has 0 bridgehead atoms. The Labute approximate surface area is 133 Å². The number of carbonyl (C=O) groups excluding carboxylic acids is 2. The smallest absolute Gasteiger partial charge is 0.271 e. The molecule has 2 aliphatic heterocycles. The van der Waals surface area contributed by atoms with Gasteiger partial charge in [-0.05, 0) is 6.42 Å². The zero-order valence-electron chi connectivity index (χ0n) is 12.9. The Bertz CT molecular complexity index is 752. The number of imidazole rings is 1. The number of aryl methyl sites for hydroxylation is 1. The van der Waals surface area contributed by atoms with E-state index in [0.29, 0.717) is 31.7 Å². The molecule has 23 heavy (non-hydrogen) atoms. The normalized spacial score (nSPS) is 24.1. The van der Waals surface area contributed by atoms with Gasteiger partial charge < -0.3 is 14.8 Å². The van der Waals surface area contributed by atoms with Gasteiger partial charge in [-0.1, -0.05) is 0 Å². The van der Waals surface area contributed by atoms with Crippen molar-refractivity contribution >= 4 is 17.5 Å². The van der Waals surface area contributed by atoms with E-state index in [4.69, 9.17) is 0 Å². The summed E-state index contributed by atoms with van der Waals surface area (Å²) >= 11 is 0. The van der Waals surface area contributed by atoms with E-state index in [0.717, 1.165) is 12.1 Å². The zero-order chi connectivity index (χ0) is 16.0. The van der Waals surface area contributed by atoms with Gasteiger partial charge in [0.1, 0.15) is 5.69 Å². The fourth-order valence-electron chi connectivity index (χ4n) is 3.60. The van der Waals surface area contributed by atoms with Crippen LogP contribution in [0.4, 0.5) is 5.69 Å². The maximum Gasteiger partial charge on any atom is 0.271 e. The highest BCUT2D eigenvalue weighted by Crippen LogP contribution is 2.41. The summed E-state index contributed by atoms with van der Waals surface area (Å²) in [5.74, 6) is 0.0560. The first-order valence-corrected chi connectivity index (χ1v) is 7.63. The molecule has 4 heterocycles. The van der Waals surface area contributed by atoms with Crippen molar-refractivity contribution in [2.45, 2.75) is 12.8 Å². The molecule has 0 aromatic carbocycles. The van der Waals surface area contributed by atoms with Gasteiger partial charge in [0.15, 0.2) is 0 Å². The summed E-state index contributed by atoms with van der Waals surface area (Å²) in [7, 11) is 1.83. The second-order valence-electron chi connectivity index (χ2n) is 6.47. The Balaban J connectivity index is 1.50. The second kappa shape index (κ2) is 4.94. The Morgan fingerprint density at radius 2 is 2.22 bits per heavy atom. The SMILES string of the molecule is Cn1cc(N2CC3(CCN(C(=O)c4cnc[nH]4)C3)CC2=O)cn1. The van der Waals surface area contributed by atoms with Gasteiger partial charge in [0, 0.05) is 44.7 Å². The number of carbonyl (C=O) groups is 2. The molecule has 2 aromatic heterocycles. The molecule has 0 aliphatic carbocycles. The fraction of sp³-hybridized carbons (Fsp3) is 0.467. The van der Waals surface area contributed by atoms with E-state index in [1.807, 2.05) is 18.1 Å². The zero-order valence-corrected chi connectivity index (χ0v) is 12.9. The molecule has 2 saturated heterocycles. The molecule has 0 radical (unpaired) electrons. The molecular weight excluding hydrogens is 296 g/mol. The van der Waals surface area contributed by atoms with Crippen LogP contribution in [0, 0.1) is 5.41 Å². The number of hydrogen-bond donors (Lipinski definition) is 1. The van der Waals surface area contributed by atoms with Crippen LogP contribution in [0.5, 0.6) is 0 Å². The van der Waals surface area contributed by atoms with Crippen LogP contribution in [0.1, 0.15) is 23.3 Å². The Kier molecular flexibility index (Phi) is 3.00. The van der Waals surface area contributed by atoms with Crippen LogP contribution in [0.2, 0.25) is 0 Å². The van der Waals surface area contributed by atoms with E-state index in [-0.39, 0.29) is 17.2 Å². The number of anilines is 1. The number of aromatic amines is 1. The summed E-state index contributed by atoms with van der Waals surface area (Å²) in [5.41, 5.74) is 1.17. The molecule has 4 rings (SSSR count).